The number of hydrogen-bond acceptors (Lipinski definition) is 9. The van der Waals surface area contributed by atoms with Crippen LogP contribution in [0.1, 0.15) is 22.5 Å². The fourth-order valence-electron chi connectivity index (χ4n) is 7.04. The number of furan rings is 1. The third-order valence-electron chi connectivity index (χ3n) is 9.34. The van der Waals surface area contributed by atoms with Crippen LogP contribution in [0.15, 0.2) is 83.8 Å². The maximum Gasteiger partial charge on any atom is 0.208 e. The van der Waals surface area contributed by atoms with Gasteiger partial charge in [0.25, 0.3) is 0 Å². The van der Waals surface area contributed by atoms with Gasteiger partial charge in [-0.2, -0.15) is 0 Å². The molecule has 0 radical (unpaired) electrons. The molecule has 1 aliphatic rings. The summed E-state index contributed by atoms with van der Waals surface area (Å²) in [6, 6.07) is 13.3. The van der Waals surface area contributed by atoms with Crippen molar-refractivity contribution in [2.75, 3.05) is 0 Å². The van der Waals surface area contributed by atoms with Gasteiger partial charge in [-0.3, -0.25) is 0 Å². The predicted octanol–water partition coefficient (Wildman–Crippen LogP) is 7.12. The number of hydrogen-bond donors (Lipinski definition) is 8. The quantitative estimate of drug-likeness (QED) is 0.0412. The third-order valence-corrected chi connectivity index (χ3v) is 9.34. The van der Waals surface area contributed by atoms with Crippen LogP contribution in [0.2, 0.25) is 0 Å². The van der Waals surface area contributed by atoms with Crippen LogP contribution in [0.5, 0.6) is 46.0 Å². The molecular weight excluding hydrogens is 635 g/mol. The summed E-state index contributed by atoms with van der Waals surface area (Å²) in [5.41, 5.74) is 3.96. The van der Waals surface area contributed by atoms with Crippen molar-refractivity contribution in [2.24, 2.45) is 0 Å². The second kappa shape index (κ2) is 11.8. The van der Waals surface area contributed by atoms with Crippen molar-refractivity contribution >= 4 is 47.2 Å². The molecule has 1 heterocycles. The summed E-state index contributed by atoms with van der Waals surface area (Å²) >= 11 is 0. The molecule has 8 N–H and O–H groups in total. The number of benzene rings is 5. The SMILES string of the molecule is Bc1c(O)c(O)c(O)c(-c2c3c(c(-c4cccc5c(/C=C\C=C)c(C)oc45)c4ccccc24)CC=CC=C3)c1-c1c(O)c(O)c(O)c(O)c1O. The highest BCUT2D eigenvalue weighted by atomic mass is 16.4. The lowest BCUT2D eigenvalue weighted by atomic mass is 9.76. The van der Waals surface area contributed by atoms with Gasteiger partial charge in [-0.05, 0) is 51.8 Å². The molecule has 50 heavy (non-hydrogen) atoms. The van der Waals surface area contributed by atoms with Crippen LogP contribution in [-0.2, 0) is 6.42 Å². The van der Waals surface area contributed by atoms with Crippen LogP contribution in [-0.4, -0.2) is 48.7 Å². The van der Waals surface area contributed by atoms with E-state index in [0.29, 0.717) is 28.5 Å². The van der Waals surface area contributed by atoms with Crippen LogP contribution in [0.3, 0.4) is 0 Å². The lowest BCUT2D eigenvalue weighted by Gasteiger charge is -2.25. The van der Waals surface area contributed by atoms with Crippen molar-refractivity contribution in [1.29, 1.82) is 0 Å². The average Bonchev–Trinajstić information content (AvgIpc) is 3.26. The van der Waals surface area contributed by atoms with E-state index in [1.165, 1.54) is 7.85 Å². The van der Waals surface area contributed by atoms with E-state index in [9.17, 15) is 40.9 Å². The van der Waals surface area contributed by atoms with E-state index < -0.39 is 51.6 Å². The molecule has 0 spiro atoms. The summed E-state index contributed by atoms with van der Waals surface area (Å²) < 4.78 is 6.42. The van der Waals surface area contributed by atoms with Gasteiger partial charge in [0, 0.05) is 27.6 Å². The standard InChI is InChI=1S/C40H31BO9/c1-3-4-11-19-18(2)50-40-24(19)16-10-17-25(40)26-20-12-6-5-7-13-22(20)27(23-15-9-8-14-21(23)26)29-28(31(41)35(45)36(46)32(29)42)30-33(43)37(47)39(49)38(48)34(30)44/h3-11,13-17,42-49H,1,12,41H2,2H3/b11-4-. The molecule has 0 bridgehead atoms. The number of rotatable bonds is 5. The summed E-state index contributed by atoms with van der Waals surface area (Å²) in [6.45, 7) is 5.68. The number of phenols is 8. The van der Waals surface area contributed by atoms with Crippen molar-refractivity contribution in [2.45, 2.75) is 13.3 Å². The zero-order valence-corrected chi connectivity index (χ0v) is 27.0. The van der Waals surface area contributed by atoms with Gasteiger partial charge in [0.2, 0.25) is 17.2 Å². The van der Waals surface area contributed by atoms with Gasteiger partial charge in [-0.15, -0.1) is 0 Å². The van der Waals surface area contributed by atoms with Crippen LogP contribution < -0.4 is 5.46 Å². The predicted molar refractivity (Wildman–Crippen MR) is 197 cm³/mol. The molecule has 1 aliphatic carbocycles. The summed E-state index contributed by atoms with van der Waals surface area (Å²) in [5.74, 6) is -7.20. The molecular formula is C40H31BO9. The molecule has 0 fully saturated rings. The van der Waals surface area contributed by atoms with Crippen LogP contribution in [0.4, 0.5) is 0 Å². The molecule has 0 saturated carbocycles. The molecule has 6 aromatic rings. The van der Waals surface area contributed by atoms with E-state index in [2.05, 4.69) is 6.58 Å². The number of aromatic hydroxyl groups is 8. The molecule has 7 rings (SSSR count). The van der Waals surface area contributed by atoms with E-state index in [-0.39, 0.29) is 16.6 Å². The first-order valence-corrected chi connectivity index (χ1v) is 15.7. The third kappa shape index (κ3) is 4.49. The Morgan fingerprint density at radius 2 is 1.26 bits per heavy atom. The molecule has 0 amide bonds. The number of phenolic OH excluding ortho intramolecular Hbond substituents is 8. The topological polar surface area (TPSA) is 175 Å². The molecule has 0 aliphatic heterocycles. The van der Waals surface area contributed by atoms with Gasteiger partial charge in [0.05, 0.1) is 5.56 Å². The van der Waals surface area contributed by atoms with Gasteiger partial charge >= 0.3 is 0 Å². The Balaban J connectivity index is 1.69. The summed E-state index contributed by atoms with van der Waals surface area (Å²) in [4.78, 5) is 0. The summed E-state index contributed by atoms with van der Waals surface area (Å²) in [5, 5.41) is 89.4. The van der Waals surface area contributed by atoms with Crippen LogP contribution >= 0.6 is 0 Å². The highest BCUT2D eigenvalue weighted by Gasteiger charge is 2.34. The first-order chi connectivity index (χ1) is 24.0. The highest BCUT2D eigenvalue weighted by molar-refractivity contribution is 6.40. The molecule has 1 aromatic heterocycles. The van der Waals surface area contributed by atoms with Crippen molar-refractivity contribution in [3.8, 4) is 79.4 Å². The minimum Gasteiger partial charge on any atom is -0.505 e. The van der Waals surface area contributed by atoms with Gasteiger partial charge in [-0.1, -0.05) is 91.6 Å². The maximum atomic E-state index is 11.7. The van der Waals surface area contributed by atoms with Gasteiger partial charge in [-0.25, -0.2) is 0 Å². The molecule has 0 atom stereocenters. The monoisotopic (exact) mass is 666 g/mol. The zero-order chi connectivity index (χ0) is 35.6. The van der Waals surface area contributed by atoms with E-state index in [1.807, 2.05) is 79.8 Å². The molecule has 5 aromatic carbocycles. The van der Waals surface area contributed by atoms with Crippen molar-refractivity contribution in [1.82, 2.24) is 0 Å². The smallest absolute Gasteiger partial charge is 0.208 e. The van der Waals surface area contributed by atoms with Crippen LogP contribution in [0, 0.1) is 6.92 Å². The van der Waals surface area contributed by atoms with Gasteiger partial charge in [0.15, 0.2) is 28.7 Å². The highest BCUT2D eigenvalue weighted by Crippen LogP contribution is 2.59. The Morgan fingerprint density at radius 1 is 0.660 bits per heavy atom. The van der Waals surface area contributed by atoms with E-state index in [0.717, 1.165) is 38.8 Å². The largest absolute Gasteiger partial charge is 0.505 e. The summed E-state index contributed by atoms with van der Waals surface area (Å²) in [7, 11) is 1.37. The lowest BCUT2D eigenvalue weighted by molar-refractivity contribution is 0.330. The molecule has 9 nitrogen and oxygen atoms in total. The number of aryl methyl sites for hydroxylation is 1. The first kappa shape index (κ1) is 31.9. The number of fused-ring (bicyclic) bond motifs is 3. The normalized spacial score (nSPS) is 12.6. The molecule has 10 heteroatoms. The Morgan fingerprint density at radius 3 is 1.94 bits per heavy atom. The molecule has 0 unspecified atom stereocenters. The average molecular weight is 666 g/mol. The second-order valence-corrected chi connectivity index (χ2v) is 12.1. The van der Waals surface area contributed by atoms with Crippen molar-refractivity contribution in [3.05, 3.63) is 102 Å². The Kier molecular flexibility index (Phi) is 7.52. The Hall–Kier alpha value is -6.68. The second-order valence-electron chi connectivity index (χ2n) is 12.1. The molecule has 248 valence electrons. The van der Waals surface area contributed by atoms with E-state index >= 15 is 0 Å². The fourth-order valence-corrected chi connectivity index (χ4v) is 7.04. The maximum absolute atomic E-state index is 11.7. The zero-order valence-electron chi connectivity index (χ0n) is 27.0. The molecule has 0 saturated heterocycles. The number of para-hydroxylation sites is 1. The van der Waals surface area contributed by atoms with E-state index in [1.54, 1.807) is 12.1 Å². The van der Waals surface area contributed by atoms with Crippen LogP contribution in [0.25, 0.3) is 67.3 Å². The lowest BCUT2D eigenvalue weighted by Crippen LogP contribution is -2.11. The summed E-state index contributed by atoms with van der Waals surface area (Å²) in [6.07, 6.45) is 13.4. The first-order valence-electron chi connectivity index (χ1n) is 15.7. The Labute approximate surface area is 286 Å². The van der Waals surface area contributed by atoms with E-state index in [4.69, 9.17) is 4.42 Å². The fraction of sp³-hybridized carbons (Fsp3) is 0.0500. The van der Waals surface area contributed by atoms with Crippen molar-refractivity contribution < 1.29 is 45.3 Å². The van der Waals surface area contributed by atoms with Gasteiger partial charge < -0.3 is 45.3 Å². The van der Waals surface area contributed by atoms with Crippen molar-refractivity contribution in [3.63, 3.8) is 0 Å². The minimum absolute atomic E-state index is 0.112. The van der Waals surface area contributed by atoms with Gasteiger partial charge in [0.1, 0.15) is 19.2 Å². The minimum atomic E-state index is -1.17. The Bertz CT molecular complexity index is 2510. The number of allylic oxidation sites excluding steroid dienone is 5.